The number of rotatable bonds is 6. The van der Waals surface area contributed by atoms with Crippen LogP contribution in [0.3, 0.4) is 0 Å². The Balaban J connectivity index is 2.29. The molecule has 0 saturated carbocycles. The number of ether oxygens (including phenoxy) is 2. The van der Waals surface area contributed by atoms with Crippen molar-refractivity contribution in [2.24, 2.45) is 17.3 Å². The van der Waals surface area contributed by atoms with Crippen LogP contribution in [0.15, 0.2) is 12.1 Å². The highest BCUT2D eigenvalue weighted by molar-refractivity contribution is 5.77. The first-order valence-electron chi connectivity index (χ1n) is 10.1. The average molecular weight is 376 g/mol. The van der Waals surface area contributed by atoms with Crippen LogP contribution in [0.2, 0.25) is 0 Å². The number of carbonyl (C=O) groups is 1. The predicted molar refractivity (Wildman–Crippen MR) is 110 cm³/mol. The van der Waals surface area contributed by atoms with E-state index in [1.807, 2.05) is 0 Å². The first kappa shape index (κ1) is 21.6. The van der Waals surface area contributed by atoms with Crippen LogP contribution >= 0.6 is 0 Å². The van der Waals surface area contributed by atoms with Crippen molar-refractivity contribution in [1.29, 1.82) is 0 Å². The van der Waals surface area contributed by atoms with E-state index < -0.39 is 0 Å². The number of nitrogens with zero attached hydrogens (tertiary/aromatic N) is 1. The molecular formula is C23H37NO3. The van der Waals surface area contributed by atoms with Gasteiger partial charge in [-0.05, 0) is 53.4 Å². The summed E-state index contributed by atoms with van der Waals surface area (Å²) in [5.41, 5.74) is 2.71. The Bertz CT molecular complexity index is 660. The Kier molecular flexibility index (Phi) is 6.82. The zero-order valence-corrected chi connectivity index (χ0v) is 18.4. The molecule has 0 unspecified atom stereocenters. The number of hydrogen-bond donors (Lipinski definition) is 0. The van der Waals surface area contributed by atoms with Crippen LogP contribution in [0.1, 0.15) is 71.6 Å². The second-order valence-corrected chi connectivity index (χ2v) is 9.51. The van der Waals surface area contributed by atoms with Gasteiger partial charge in [-0.3, -0.25) is 4.79 Å². The Hall–Kier alpha value is -1.71. The second kappa shape index (κ2) is 8.53. The van der Waals surface area contributed by atoms with Crippen LogP contribution in [-0.4, -0.2) is 31.6 Å². The molecule has 0 N–H and O–H groups in total. The van der Waals surface area contributed by atoms with Crippen LogP contribution in [-0.2, 0) is 11.2 Å². The first-order valence-corrected chi connectivity index (χ1v) is 10.1. The van der Waals surface area contributed by atoms with E-state index in [1.54, 1.807) is 14.2 Å². The minimum Gasteiger partial charge on any atom is -0.493 e. The molecule has 0 saturated heterocycles. The zero-order chi connectivity index (χ0) is 20.4. The smallest absolute Gasteiger partial charge is 0.223 e. The third-order valence-electron chi connectivity index (χ3n) is 5.36. The van der Waals surface area contributed by atoms with E-state index in [-0.39, 0.29) is 17.4 Å². The number of benzene rings is 1. The topological polar surface area (TPSA) is 38.8 Å². The molecule has 1 heterocycles. The highest BCUT2D eigenvalue weighted by atomic mass is 16.5. The highest BCUT2D eigenvalue weighted by Gasteiger charge is 2.34. The lowest BCUT2D eigenvalue weighted by molar-refractivity contribution is -0.136. The van der Waals surface area contributed by atoms with Gasteiger partial charge in [-0.25, -0.2) is 0 Å². The Labute approximate surface area is 165 Å². The fraction of sp³-hybridized carbons (Fsp3) is 0.696. The molecule has 27 heavy (non-hydrogen) atoms. The largest absolute Gasteiger partial charge is 0.493 e. The molecule has 0 aliphatic carbocycles. The van der Waals surface area contributed by atoms with Crippen LogP contribution in [0, 0.1) is 17.3 Å². The van der Waals surface area contributed by atoms with Gasteiger partial charge in [-0.2, -0.15) is 0 Å². The molecule has 0 fully saturated rings. The third kappa shape index (κ3) is 5.18. The van der Waals surface area contributed by atoms with Crippen LogP contribution in [0.25, 0.3) is 0 Å². The molecular weight excluding hydrogens is 338 g/mol. The molecule has 0 radical (unpaired) electrons. The van der Waals surface area contributed by atoms with Crippen molar-refractivity contribution >= 4 is 5.91 Å². The van der Waals surface area contributed by atoms with E-state index in [9.17, 15) is 4.79 Å². The molecule has 2 atom stereocenters. The van der Waals surface area contributed by atoms with Gasteiger partial charge in [-0.1, -0.05) is 41.5 Å². The van der Waals surface area contributed by atoms with Gasteiger partial charge in [0.15, 0.2) is 11.5 Å². The lowest BCUT2D eigenvalue weighted by Crippen LogP contribution is -2.42. The third-order valence-corrected chi connectivity index (χ3v) is 5.36. The van der Waals surface area contributed by atoms with Gasteiger partial charge >= 0.3 is 0 Å². The number of fused-ring (bicyclic) bond motifs is 1. The molecule has 4 nitrogen and oxygen atoms in total. The van der Waals surface area contributed by atoms with Gasteiger partial charge in [0, 0.05) is 13.0 Å². The second-order valence-electron chi connectivity index (χ2n) is 9.51. The van der Waals surface area contributed by atoms with Gasteiger partial charge in [0.1, 0.15) is 0 Å². The molecule has 152 valence electrons. The molecule has 0 aromatic heterocycles. The number of carbonyl (C=O) groups excluding carboxylic acids is 1. The molecule has 4 heteroatoms. The highest BCUT2D eigenvalue weighted by Crippen LogP contribution is 2.41. The van der Waals surface area contributed by atoms with Gasteiger partial charge < -0.3 is 14.4 Å². The summed E-state index contributed by atoms with van der Waals surface area (Å²) >= 11 is 0. The first-order chi connectivity index (χ1) is 12.6. The lowest BCUT2D eigenvalue weighted by Gasteiger charge is -2.41. The van der Waals surface area contributed by atoms with E-state index in [0.717, 1.165) is 30.9 Å². The monoisotopic (exact) mass is 375 g/mol. The standard InChI is InChI=1S/C23H37NO3/c1-15(2)22-18-13-20(27-8)19(26-7)12-17(18)9-10-24(22)21(25)11-16(3)14-23(4,5)6/h12-13,15-16,22H,9-11,14H2,1-8H3/t16-,22+/m1/s1. The SMILES string of the molecule is COc1cc2c(cc1OC)[C@H](C(C)C)N(C(=O)C[C@@H](C)CC(C)(C)C)CC2. The van der Waals surface area contributed by atoms with Crippen molar-refractivity contribution in [3.8, 4) is 11.5 Å². The molecule has 1 amide bonds. The summed E-state index contributed by atoms with van der Waals surface area (Å²) in [4.78, 5) is 15.3. The number of amides is 1. The van der Waals surface area contributed by atoms with E-state index in [2.05, 4.69) is 58.6 Å². The molecule has 1 aliphatic heterocycles. The van der Waals surface area contributed by atoms with E-state index in [4.69, 9.17) is 9.47 Å². The van der Waals surface area contributed by atoms with Crippen molar-refractivity contribution in [3.05, 3.63) is 23.3 Å². The van der Waals surface area contributed by atoms with E-state index >= 15 is 0 Å². The van der Waals surface area contributed by atoms with Crippen molar-refractivity contribution in [2.75, 3.05) is 20.8 Å². The maximum Gasteiger partial charge on any atom is 0.223 e. The quantitative estimate of drug-likeness (QED) is 0.682. The average Bonchev–Trinajstić information content (AvgIpc) is 2.57. The van der Waals surface area contributed by atoms with Crippen LogP contribution < -0.4 is 9.47 Å². The summed E-state index contributed by atoms with van der Waals surface area (Å²) in [6.45, 7) is 14.1. The lowest BCUT2D eigenvalue weighted by atomic mass is 9.82. The molecule has 1 aromatic rings. The maximum atomic E-state index is 13.2. The van der Waals surface area contributed by atoms with Gasteiger partial charge in [0.25, 0.3) is 0 Å². The summed E-state index contributed by atoms with van der Waals surface area (Å²) in [6, 6.07) is 4.23. The summed E-state index contributed by atoms with van der Waals surface area (Å²) in [7, 11) is 3.33. The summed E-state index contributed by atoms with van der Waals surface area (Å²) in [5.74, 6) is 2.49. The van der Waals surface area contributed by atoms with Crippen molar-refractivity contribution < 1.29 is 14.3 Å². The molecule has 1 aliphatic rings. The minimum absolute atomic E-state index is 0.0860. The summed E-state index contributed by atoms with van der Waals surface area (Å²) in [5, 5.41) is 0. The number of methoxy groups -OCH3 is 2. The molecule has 2 rings (SSSR count). The minimum atomic E-state index is 0.0860. The maximum absolute atomic E-state index is 13.2. The van der Waals surface area contributed by atoms with Crippen molar-refractivity contribution in [3.63, 3.8) is 0 Å². The van der Waals surface area contributed by atoms with Crippen LogP contribution in [0.4, 0.5) is 0 Å². The van der Waals surface area contributed by atoms with Crippen LogP contribution in [0.5, 0.6) is 11.5 Å². The van der Waals surface area contributed by atoms with Gasteiger partial charge in [0.2, 0.25) is 5.91 Å². The van der Waals surface area contributed by atoms with E-state index in [1.165, 1.54) is 11.1 Å². The van der Waals surface area contributed by atoms with Gasteiger partial charge in [-0.15, -0.1) is 0 Å². The molecule has 0 bridgehead atoms. The van der Waals surface area contributed by atoms with Crippen molar-refractivity contribution in [2.45, 2.75) is 66.8 Å². The number of hydrogen-bond acceptors (Lipinski definition) is 3. The normalized spacial score (nSPS) is 18.3. The Morgan fingerprint density at radius 1 is 1.15 bits per heavy atom. The van der Waals surface area contributed by atoms with Crippen molar-refractivity contribution in [1.82, 2.24) is 4.90 Å². The Morgan fingerprint density at radius 2 is 1.74 bits per heavy atom. The fourth-order valence-electron chi connectivity index (χ4n) is 4.51. The summed E-state index contributed by atoms with van der Waals surface area (Å²) in [6.07, 6.45) is 2.53. The van der Waals surface area contributed by atoms with E-state index in [0.29, 0.717) is 18.3 Å². The van der Waals surface area contributed by atoms with Gasteiger partial charge in [0.05, 0.1) is 20.3 Å². The predicted octanol–water partition coefficient (Wildman–Crippen LogP) is 5.25. The zero-order valence-electron chi connectivity index (χ0n) is 18.4. The molecule has 1 aromatic carbocycles. The summed E-state index contributed by atoms with van der Waals surface area (Å²) < 4.78 is 11.0. The fourth-order valence-corrected chi connectivity index (χ4v) is 4.51. The Morgan fingerprint density at radius 3 is 2.26 bits per heavy atom. The molecule has 0 spiro atoms.